The zero-order valence-corrected chi connectivity index (χ0v) is 23.8. The first-order valence-electron chi connectivity index (χ1n) is 12.4. The van der Waals surface area contributed by atoms with Crippen LogP contribution in [0.4, 0.5) is 10.5 Å². The van der Waals surface area contributed by atoms with Crippen LogP contribution in [0.2, 0.25) is 5.02 Å². The molecule has 0 spiro atoms. The second-order valence-electron chi connectivity index (χ2n) is 8.58. The summed E-state index contributed by atoms with van der Waals surface area (Å²) in [6, 6.07) is 17.6. The van der Waals surface area contributed by atoms with Gasteiger partial charge in [-0.05, 0) is 70.7 Å². The molecular weight excluding hydrogens is 586 g/mol. The molecule has 0 aliphatic carbocycles. The van der Waals surface area contributed by atoms with Crippen LogP contribution in [-0.2, 0) is 22.6 Å². The highest BCUT2D eigenvalue weighted by molar-refractivity contribution is 9.10. The zero-order chi connectivity index (χ0) is 27.9. The lowest BCUT2D eigenvalue weighted by molar-refractivity contribution is -0.127. The molecule has 4 rings (SSSR count). The summed E-state index contributed by atoms with van der Waals surface area (Å²) in [4.78, 5) is 39.0. The summed E-state index contributed by atoms with van der Waals surface area (Å²) in [5, 5.41) is 5.92. The number of hydrogen-bond acceptors (Lipinski definition) is 5. The molecular formula is C29H27BrClN3O5. The molecule has 1 aliphatic heterocycles. The van der Waals surface area contributed by atoms with E-state index in [0.29, 0.717) is 38.9 Å². The summed E-state index contributed by atoms with van der Waals surface area (Å²) < 4.78 is 12.4. The average molecular weight is 613 g/mol. The van der Waals surface area contributed by atoms with E-state index in [2.05, 4.69) is 26.6 Å². The number of carbonyl (C=O) groups excluding carboxylic acids is 3. The first kappa shape index (κ1) is 28.2. The van der Waals surface area contributed by atoms with E-state index in [1.54, 1.807) is 24.3 Å². The molecule has 4 amide bonds. The van der Waals surface area contributed by atoms with Crippen molar-refractivity contribution >= 4 is 57.1 Å². The largest absolute Gasteiger partial charge is 0.490 e. The van der Waals surface area contributed by atoms with Crippen molar-refractivity contribution in [2.24, 2.45) is 0 Å². The maximum Gasteiger partial charge on any atom is 0.329 e. The minimum atomic E-state index is -0.672. The summed E-state index contributed by atoms with van der Waals surface area (Å²) in [5.41, 5.74) is 3.06. The van der Waals surface area contributed by atoms with Gasteiger partial charge < -0.3 is 20.1 Å². The Labute approximate surface area is 240 Å². The van der Waals surface area contributed by atoms with E-state index in [-0.39, 0.29) is 12.3 Å². The van der Waals surface area contributed by atoms with Gasteiger partial charge in [-0.2, -0.15) is 0 Å². The lowest BCUT2D eigenvalue weighted by atomic mass is 10.1. The van der Waals surface area contributed by atoms with Crippen molar-refractivity contribution in [1.29, 1.82) is 0 Å². The number of halogens is 2. The van der Waals surface area contributed by atoms with Gasteiger partial charge in [0.25, 0.3) is 5.91 Å². The number of amides is 4. The zero-order valence-electron chi connectivity index (χ0n) is 21.4. The number of nitrogens with one attached hydrogen (secondary N) is 2. The van der Waals surface area contributed by atoms with Crippen LogP contribution in [0.3, 0.4) is 0 Å². The topological polar surface area (TPSA) is 97.0 Å². The van der Waals surface area contributed by atoms with Crippen molar-refractivity contribution in [2.45, 2.75) is 26.9 Å². The molecule has 3 aromatic carbocycles. The van der Waals surface area contributed by atoms with Crippen LogP contribution < -0.4 is 20.1 Å². The molecule has 39 heavy (non-hydrogen) atoms. The molecule has 0 radical (unpaired) electrons. The van der Waals surface area contributed by atoms with Gasteiger partial charge >= 0.3 is 6.03 Å². The fourth-order valence-electron chi connectivity index (χ4n) is 4.01. The van der Waals surface area contributed by atoms with Crippen molar-refractivity contribution in [1.82, 2.24) is 10.2 Å². The maximum atomic E-state index is 13.0. The standard InChI is InChI=1S/C29H27BrClN3O5/c1-3-19-9-6-8-12-23(19)32-26(35)16-34-28(36)24(33-29(34)37)14-18-13-21(30)27(25(15-18)38-4-2)39-17-20-10-5-7-11-22(20)31/h5-15H,3-4,16-17H2,1-2H3,(H,32,35)(H,33,37)/b24-14+. The SMILES string of the molecule is CCOc1cc(/C=C2/NC(=O)N(CC(=O)Nc3ccccc3CC)C2=O)cc(Br)c1OCc1ccccc1Cl. The third-order valence-corrected chi connectivity index (χ3v) is 6.87. The highest BCUT2D eigenvalue weighted by atomic mass is 79.9. The molecule has 1 saturated heterocycles. The van der Waals surface area contributed by atoms with Gasteiger partial charge in [-0.3, -0.25) is 9.59 Å². The Balaban J connectivity index is 1.50. The van der Waals surface area contributed by atoms with Gasteiger partial charge in [0.1, 0.15) is 18.8 Å². The number of urea groups is 1. The Morgan fingerprint density at radius 1 is 1.05 bits per heavy atom. The van der Waals surface area contributed by atoms with Gasteiger partial charge in [0.05, 0.1) is 11.1 Å². The molecule has 0 saturated carbocycles. The molecule has 1 fully saturated rings. The number of aryl methyl sites for hydroxylation is 1. The molecule has 0 atom stereocenters. The molecule has 0 unspecified atom stereocenters. The van der Waals surface area contributed by atoms with E-state index in [0.717, 1.165) is 22.4 Å². The van der Waals surface area contributed by atoms with Crippen molar-refractivity contribution in [3.8, 4) is 11.5 Å². The van der Waals surface area contributed by atoms with Crippen molar-refractivity contribution in [3.63, 3.8) is 0 Å². The predicted octanol–water partition coefficient (Wildman–Crippen LogP) is 6.17. The molecule has 3 aromatic rings. The smallest absolute Gasteiger partial charge is 0.329 e. The number of nitrogens with zero attached hydrogens (tertiary/aromatic N) is 1. The van der Waals surface area contributed by atoms with E-state index in [1.165, 1.54) is 6.08 Å². The van der Waals surface area contributed by atoms with Gasteiger partial charge in [0.2, 0.25) is 5.91 Å². The quantitative estimate of drug-likeness (QED) is 0.211. The van der Waals surface area contributed by atoms with Crippen LogP contribution in [0.15, 0.2) is 70.8 Å². The summed E-state index contributed by atoms with van der Waals surface area (Å²) in [6.45, 7) is 4.02. The molecule has 1 aliphatic rings. The number of ether oxygens (including phenoxy) is 2. The van der Waals surface area contributed by atoms with Gasteiger partial charge in [-0.1, -0.05) is 54.9 Å². The number of imide groups is 1. The number of benzene rings is 3. The molecule has 202 valence electrons. The Hall–Kier alpha value is -3.82. The van der Waals surface area contributed by atoms with E-state index < -0.39 is 24.4 Å². The van der Waals surface area contributed by atoms with Crippen LogP contribution in [-0.4, -0.2) is 35.9 Å². The molecule has 0 aromatic heterocycles. The number of anilines is 1. The third-order valence-electron chi connectivity index (χ3n) is 5.91. The predicted molar refractivity (Wildman–Crippen MR) is 154 cm³/mol. The molecule has 8 nitrogen and oxygen atoms in total. The molecule has 0 bridgehead atoms. The monoisotopic (exact) mass is 611 g/mol. The normalized spacial score (nSPS) is 13.9. The van der Waals surface area contributed by atoms with E-state index in [4.69, 9.17) is 21.1 Å². The summed E-state index contributed by atoms with van der Waals surface area (Å²) >= 11 is 9.77. The minimum Gasteiger partial charge on any atom is -0.490 e. The van der Waals surface area contributed by atoms with Gasteiger partial charge in [0.15, 0.2) is 11.5 Å². The van der Waals surface area contributed by atoms with Gasteiger partial charge in [0, 0.05) is 16.3 Å². The average Bonchev–Trinajstić information content (AvgIpc) is 3.16. The van der Waals surface area contributed by atoms with Crippen LogP contribution in [0.1, 0.15) is 30.5 Å². The van der Waals surface area contributed by atoms with Crippen molar-refractivity contribution < 1.29 is 23.9 Å². The third kappa shape index (κ3) is 6.79. The Kier molecular flexibility index (Phi) is 9.27. The fourth-order valence-corrected chi connectivity index (χ4v) is 4.77. The number of carbonyl (C=O) groups is 3. The highest BCUT2D eigenvalue weighted by Gasteiger charge is 2.35. The van der Waals surface area contributed by atoms with Crippen molar-refractivity contribution in [2.75, 3.05) is 18.5 Å². The summed E-state index contributed by atoms with van der Waals surface area (Å²) in [6.07, 6.45) is 2.26. The number of hydrogen-bond donors (Lipinski definition) is 2. The Morgan fingerprint density at radius 2 is 1.77 bits per heavy atom. The summed E-state index contributed by atoms with van der Waals surface area (Å²) in [5.74, 6) is -0.145. The Bertz CT molecular complexity index is 1440. The fraction of sp³-hybridized carbons (Fsp3) is 0.207. The van der Waals surface area contributed by atoms with Gasteiger partial charge in [-0.25, -0.2) is 9.69 Å². The lowest BCUT2D eigenvalue weighted by Crippen LogP contribution is -2.38. The highest BCUT2D eigenvalue weighted by Crippen LogP contribution is 2.38. The van der Waals surface area contributed by atoms with Crippen molar-refractivity contribution in [3.05, 3.63) is 92.5 Å². The minimum absolute atomic E-state index is 0.0424. The van der Waals surface area contributed by atoms with Crippen LogP contribution in [0, 0.1) is 0 Å². The second-order valence-corrected chi connectivity index (χ2v) is 9.84. The van der Waals surface area contributed by atoms with E-state index in [9.17, 15) is 14.4 Å². The maximum absolute atomic E-state index is 13.0. The lowest BCUT2D eigenvalue weighted by Gasteiger charge is -2.15. The first-order valence-corrected chi connectivity index (χ1v) is 13.5. The molecule has 2 N–H and O–H groups in total. The summed E-state index contributed by atoms with van der Waals surface area (Å²) in [7, 11) is 0. The molecule has 1 heterocycles. The van der Waals surface area contributed by atoms with Gasteiger partial charge in [-0.15, -0.1) is 0 Å². The van der Waals surface area contributed by atoms with E-state index in [1.807, 2.05) is 50.2 Å². The number of para-hydroxylation sites is 1. The first-order chi connectivity index (χ1) is 18.8. The second kappa shape index (κ2) is 12.8. The van der Waals surface area contributed by atoms with Crippen LogP contribution in [0.5, 0.6) is 11.5 Å². The Morgan fingerprint density at radius 3 is 2.49 bits per heavy atom. The molecule has 10 heteroatoms. The van der Waals surface area contributed by atoms with Crippen LogP contribution >= 0.6 is 27.5 Å². The number of rotatable bonds is 10. The van der Waals surface area contributed by atoms with Crippen LogP contribution in [0.25, 0.3) is 6.08 Å². The van der Waals surface area contributed by atoms with E-state index >= 15 is 0 Å².